The molecular formula is C36H22BBr2N. The first-order valence-corrected chi connectivity index (χ1v) is 15.0. The molecule has 0 aromatic heterocycles. The van der Waals surface area contributed by atoms with E-state index in [4.69, 9.17) is 0 Å². The summed E-state index contributed by atoms with van der Waals surface area (Å²) in [7, 11) is 0. The highest BCUT2D eigenvalue weighted by Crippen LogP contribution is 2.52. The predicted octanol–water partition coefficient (Wildman–Crippen LogP) is 9.35. The normalized spacial score (nSPS) is 16.6. The van der Waals surface area contributed by atoms with Gasteiger partial charge < -0.3 is 4.90 Å². The zero-order valence-electron chi connectivity index (χ0n) is 21.5. The van der Waals surface area contributed by atoms with E-state index in [0.717, 1.165) is 8.96 Å². The van der Waals surface area contributed by atoms with Crippen molar-refractivity contribution in [1.82, 2.24) is 0 Å². The Morgan fingerprint density at radius 1 is 0.625 bits per heavy atom. The Balaban J connectivity index is 1.47. The second kappa shape index (κ2) is 9.37. The summed E-state index contributed by atoms with van der Waals surface area (Å²) < 4.78 is 2.15. The third-order valence-corrected chi connectivity index (χ3v) is 9.17. The van der Waals surface area contributed by atoms with E-state index in [9.17, 15) is 0 Å². The fourth-order valence-electron chi connectivity index (χ4n) is 6.40. The first-order chi connectivity index (χ1) is 19.7. The Labute approximate surface area is 251 Å². The third-order valence-electron chi connectivity index (χ3n) is 8.19. The lowest BCUT2D eigenvalue weighted by Crippen LogP contribution is -2.40. The highest BCUT2D eigenvalue weighted by atomic mass is 79.9. The molecule has 0 spiro atoms. The smallest absolute Gasteiger partial charge is 0.235 e. The number of rotatable bonds is 2. The Morgan fingerprint density at radius 3 is 2.20 bits per heavy atom. The Morgan fingerprint density at radius 2 is 1.40 bits per heavy atom. The van der Waals surface area contributed by atoms with Gasteiger partial charge in [0, 0.05) is 26.3 Å². The molecule has 4 aliphatic heterocycles. The third kappa shape index (κ3) is 3.74. The molecule has 8 rings (SSSR count). The van der Waals surface area contributed by atoms with E-state index in [2.05, 4.69) is 170 Å². The molecule has 0 atom stereocenters. The van der Waals surface area contributed by atoms with Crippen LogP contribution in [0.25, 0.3) is 27.8 Å². The molecule has 0 saturated heterocycles. The molecule has 0 amide bonds. The quantitative estimate of drug-likeness (QED) is 0.198. The molecule has 0 aliphatic carbocycles. The first-order valence-electron chi connectivity index (χ1n) is 13.4. The molecule has 1 nitrogen and oxygen atoms in total. The minimum absolute atomic E-state index is 0.177. The van der Waals surface area contributed by atoms with E-state index in [1.165, 1.54) is 66.9 Å². The summed E-state index contributed by atoms with van der Waals surface area (Å²) in [5.41, 5.74) is 15.2. The summed E-state index contributed by atoms with van der Waals surface area (Å²) >= 11 is 7.58. The first kappa shape index (κ1) is 24.0. The lowest BCUT2D eigenvalue weighted by atomic mass is 9.34. The Bertz CT molecular complexity index is 1910. The minimum Gasteiger partial charge on any atom is -0.316 e. The van der Waals surface area contributed by atoms with Crippen molar-refractivity contribution in [3.05, 3.63) is 170 Å². The molecular weight excluding hydrogens is 617 g/mol. The van der Waals surface area contributed by atoms with Crippen LogP contribution in [-0.2, 0) is 0 Å². The number of fused-ring (bicyclic) bond motifs is 9. The average Bonchev–Trinajstić information content (AvgIpc) is 3.01. The molecule has 0 bridgehead atoms. The van der Waals surface area contributed by atoms with Crippen LogP contribution in [0, 0.1) is 0 Å². The van der Waals surface area contributed by atoms with Gasteiger partial charge in [-0.2, -0.15) is 0 Å². The zero-order chi connectivity index (χ0) is 26.8. The number of hydrogen-bond donors (Lipinski definition) is 0. The summed E-state index contributed by atoms with van der Waals surface area (Å²) in [5, 5.41) is 0. The van der Waals surface area contributed by atoms with Crippen LogP contribution in [-0.4, -0.2) is 6.71 Å². The molecule has 4 aromatic carbocycles. The summed E-state index contributed by atoms with van der Waals surface area (Å²) in [4.78, 5) is 2.34. The van der Waals surface area contributed by atoms with Gasteiger partial charge in [0.15, 0.2) is 0 Å². The number of allylic oxidation sites excluding steroid dienone is 9. The number of halogens is 2. The van der Waals surface area contributed by atoms with Crippen molar-refractivity contribution in [2.45, 2.75) is 0 Å². The fourth-order valence-corrected chi connectivity index (χ4v) is 7.10. The molecule has 0 unspecified atom stereocenters. The largest absolute Gasteiger partial charge is 0.316 e. The summed E-state index contributed by atoms with van der Waals surface area (Å²) in [5.74, 6) is 2.39. The SMILES string of the molecule is BrC1=CC2=C3C(=C4C=C(c5ccccc5)C=CB4c4ccc(-c5ccccc5)cc43)c3cc(Br)ccc3N2C=C1. The lowest BCUT2D eigenvalue weighted by Gasteiger charge is -2.40. The average molecular weight is 639 g/mol. The van der Waals surface area contributed by atoms with Gasteiger partial charge in [-0.05, 0) is 69.8 Å². The van der Waals surface area contributed by atoms with Crippen molar-refractivity contribution in [3.63, 3.8) is 0 Å². The van der Waals surface area contributed by atoms with Crippen molar-refractivity contribution in [2.75, 3.05) is 4.90 Å². The maximum absolute atomic E-state index is 3.79. The monoisotopic (exact) mass is 637 g/mol. The van der Waals surface area contributed by atoms with Crippen LogP contribution in [0.2, 0.25) is 0 Å². The number of nitrogens with zero attached hydrogens (tertiary/aromatic N) is 1. The Hall–Kier alpha value is -3.86. The standard InChI is InChI=1S/C36H22BBr2N/c38-27-12-14-33-30(21-27)35-32-20-26(24-9-5-2-6-10-24)15-17-37(32)31-13-11-25(23-7-3-1-4-8-23)19-29(31)36(35)34-22-28(39)16-18-40(33)34/h1-22H. The summed E-state index contributed by atoms with van der Waals surface area (Å²) in [6.45, 7) is 0.177. The Kier molecular flexibility index (Phi) is 5.62. The maximum atomic E-state index is 3.79. The molecule has 0 saturated carbocycles. The van der Waals surface area contributed by atoms with Crippen molar-refractivity contribution in [2.24, 2.45) is 0 Å². The van der Waals surface area contributed by atoms with Crippen LogP contribution in [0.1, 0.15) is 16.7 Å². The molecule has 4 heterocycles. The van der Waals surface area contributed by atoms with Gasteiger partial charge in [-0.1, -0.05) is 128 Å². The van der Waals surface area contributed by atoms with Crippen molar-refractivity contribution in [1.29, 1.82) is 0 Å². The van der Waals surface area contributed by atoms with Crippen molar-refractivity contribution >= 4 is 66.4 Å². The molecule has 4 aliphatic rings. The highest BCUT2D eigenvalue weighted by molar-refractivity contribution is 9.12. The van der Waals surface area contributed by atoms with E-state index in [0.29, 0.717) is 0 Å². The van der Waals surface area contributed by atoms with Gasteiger partial charge in [0.1, 0.15) is 0 Å². The van der Waals surface area contributed by atoms with Gasteiger partial charge in [-0.15, -0.1) is 5.98 Å². The van der Waals surface area contributed by atoms with E-state index < -0.39 is 0 Å². The minimum atomic E-state index is 0.177. The molecule has 188 valence electrons. The van der Waals surface area contributed by atoms with E-state index in [1.54, 1.807) is 0 Å². The van der Waals surface area contributed by atoms with Gasteiger partial charge in [0.2, 0.25) is 6.71 Å². The van der Waals surface area contributed by atoms with E-state index in [1.807, 2.05) is 0 Å². The molecule has 40 heavy (non-hydrogen) atoms. The number of anilines is 1. The number of hydrogen-bond acceptors (Lipinski definition) is 1. The maximum Gasteiger partial charge on any atom is 0.235 e. The topological polar surface area (TPSA) is 3.24 Å². The lowest BCUT2D eigenvalue weighted by molar-refractivity contribution is 1.17. The van der Waals surface area contributed by atoms with Crippen LogP contribution < -0.4 is 10.4 Å². The summed E-state index contributed by atoms with van der Waals surface area (Å²) in [6.07, 6.45) is 11.3. The van der Waals surface area contributed by atoms with Crippen LogP contribution in [0.15, 0.2) is 154 Å². The van der Waals surface area contributed by atoms with Crippen LogP contribution in [0.3, 0.4) is 0 Å². The van der Waals surface area contributed by atoms with Crippen molar-refractivity contribution in [3.8, 4) is 11.1 Å². The molecule has 4 heteroatoms. The highest BCUT2D eigenvalue weighted by Gasteiger charge is 2.39. The van der Waals surface area contributed by atoms with Crippen LogP contribution in [0.4, 0.5) is 5.69 Å². The second-order valence-corrected chi connectivity index (χ2v) is 12.3. The van der Waals surface area contributed by atoms with Gasteiger partial charge in [-0.3, -0.25) is 0 Å². The number of benzene rings is 4. The van der Waals surface area contributed by atoms with Gasteiger partial charge in [-0.25, -0.2) is 0 Å². The molecule has 0 radical (unpaired) electrons. The van der Waals surface area contributed by atoms with Gasteiger partial charge in [0.25, 0.3) is 0 Å². The molecule has 4 aromatic rings. The van der Waals surface area contributed by atoms with Gasteiger partial charge in [0.05, 0.1) is 11.4 Å². The predicted molar refractivity (Wildman–Crippen MR) is 177 cm³/mol. The zero-order valence-corrected chi connectivity index (χ0v) is 24.7. The molecule has 0 fully saturated rings. The van der Waals surface area contributed by atoms with Crippen LogP contribution >= 0.6 is 31.9 Å². The second-order valence-electron chi connectivity index (χ2n) is 10.4. The van der Waals surface area contributed by atoms with E-state index in [-0.39, 0.29) is 6.71 Å². The summed E-state index contributed by atoms with van der Waals surface area (Å²) in [6, 6.07) is 35.1. The fraction of sp³-hybridized carbons (Fsp3) is 0. The van der Waals surface area contributed by atoms with Gasteiger partial charge >= 0.3 is 0 Å². The van der Waals surface area contributed by atoms with Crippen molar-refractivity contribution < 1.29 is 0 Å². The van der Waals surface area contributed by atoms with Crippen LogP contribution in [0.5, 0.6) is 0 Å². The molecule has 0 N–H and O–H groups in total. The van der Waals surface area contributed by atoms with E-state index >= 15 is 0 Å².